The molecule has 1 aromatic heterocycles. The van der Waals surface area contributed by atoms with Gasteiger partial charge in [-0.15, -0.1) is 0 Å². The lowest BCUT2D eigenvalue weighted by Gasteiger charge is -2.19. The molecular formula is C40H44N4O2. The van der Waals surface area contributed by atoms with Crippen molar-refractivity contribution in [3.63, 3.8) is 0 Å². The van der Waals surface area contributed by atoms with Gasteiger partial charge >= 0.3 is 0 Å². The van der Waals surface area contributed by atoms with Gasteiger partial charge < -0.3 is 10.2 Å². The number of hydrogen-bond acceptors (Lipinski definition) is 6. The summed E-state index contributed by atoms with van der Waals surface area (Å²) in [6.07, 6.45) is 6.76. The Morgan fingerprint density at radius 3 is 0.804 bits per heavy atom. The first-order valence-corrected chi connectivity index (χ1v) is 15.6. The van der Waals surface area contributed by atoms with Crippen molar-refractivity contribution >= 4 is 43.6 Å². The summed E-state index contributed by atoms with van der Waals surface area (Å²) in [6.45, 7) is 21.0. The van der Waals surface area contributed by atoms with Crippen molar-refractivity contribution in [2.24, 2.45) is 0 Å². The number of hydrogen-bond donors (Lipinski definition) is 2. The standard InChI is InChI=1S/C40H44N4O2/c1-23-11-33-34(12-24(23)2)42-20-28-16-32(40(8,9)10)18-30(38(28)46)22-44-36-14-26(4)25(3)13-35(36)43-21-29-17-31(39(5,6)7)15-27(19-41-33)37(29)45/h11-22,45-46H,1-10H3. The van der Waals surface area contributed by atoms with Crippen molar-refractivity contribution in [2.45, 2.75) is 80.1 Å². The summed E-state index contributed by atoms with van der Waals surface area (Å²) in [5.41, 5.74) is 8.67. The molecule has 0 saturated carbocycles. The molecule has 46 heavy (non-hydrogen) atoms. The molecule has 5 rings (SSSR count). The Labute approximate surface area is 271 Å². The van der Waals surface area contributed by atoms with E-state index in [4.69, 9.17) is 19.9 Å². The van der Waals surface area contributed by atoms with E-state index < -0.39 is 0 Å². The Hall–Kier alpha value is -4.84. The van der Waals surface area contributed by atoms with E-state index >= 15 is 0 Å². The molecular weight excluding hydrogens is 568 g/mol. The van der Waals surface area contributed by atoms with Gasteiger partial charge in [0.1, 0.15) is 11.5 Å². The number of rotatable bonds is 0. The second-order valence-electron chi connectivity index (χ2n) is 14.4. The number of nitrogens with zero attached hydrogens (tertiary/aromatic N) is 4. The van der Waals surface area contributed by atoms with E-state index in [0.29, 0.717) is 43.6 Å². The average molecular weight is 613 g/mol. The normalized spacial score (nSPS) is 11.9. The minimum atomic E-state index is -0.178. The minimum absolute atomic E-state index is 0.0963. The summed E-state index contributed by atoms with van der Waals surface area (Å²) in [7, 11) is 0. The molecule has 0 fully saturated rings. The van der Waals surface area contributed by atoms with Gasteiger partial charge in [0.25, 0.3) is 0 Å². The second kappa shape index (κ2) is 12.2. The molecule has 4 bridgehead atoms. The van der Waals surface area contributed by atoms with Crippen molar-refractivity contribution in [2.75, 3.05) is 0 Å². The number of phenolic OH excluding ortho intramolecular Hbond substituents is 2. The van der Waals surface area contributed by atoms with Crippen LogP contribution in [0.5, 0.6) is 11.5 Å². The molecule has 6 nitrogen and oxygen atoms in total. The van der Waals surface area contributed by atoms with Crippen LogP contribution in [0.4, 0.5) is 0 Å². The van der Waals surface area contributed by atoms with Crippen LogP contribution in [0.15, 0.2) is 73.3 Å². The third kappa shape index (κ3) is 6.86. The lowest BCUT2D eigenvalue weighted by molar-refractivity contribution is 0.485. The van der Waals surface area contributed by atoms with Gasteiger partial charge in [-0.05, 0) is 120 Å². The van der Waals surface area contributed by atoms with E-state index in [1.165, 1.54) is 0 Å². The first-order chi connectivity index (χ1) is 21.5. The van der Waals surface area contributed by atoms with E-state index in [0.717, 1.165) is 33.4 Å². The third-order valence-electron chi connectivity index (χ3n) is 8.62. The molecule has 0 saturated heterocycles. The quantitative estimate of drug-likeness (QED) is 0.181. The second-order valence-corrected chi connectivity index (χ2v) is 14.4. The number of aromatic hydroxyl groups is 2. The van der Waals surface area contributed by atoms with Gasteiger partial charge in [-0.2, -0.15) is 0 Å². The Bertz CT molecular complexity index is 1900. The largest absolute Gasteiger partial charge is 0.507 e. The molecule has 236 valence electrons. The maximum absolute atomic E-state index is 11.5. The highest BCUT2D eigenvalue weighted by molar-refractivity contribution is 5.84. The van der Waals surface area contributed by atoms with Gasteiger partial charge in [0, 0.05) is 46.3 Å². The fourth-order valence-electron chi connectivity index (χ4n) is 5.16. The maximum atomic E-state index is 11.5. The number of benzene rings is 4. The molecule has 1 heterocycles. The van der Waals surface area contributed by atoms with Crippen LogP contribution >= 0.6 is 0 Å². The van der Waals surface area contributed by atoms with Crippen LogP contribution in [0.25, 0.3) is 43.6 Å². The summed E-state index contributed by atoms with van der Waals surface area (Å²) in [6, 6.07) is 15.9. The molecule has 4 aromatic carbocycles. The summed E-state index contributed by atoms with van der Waals surface area (Å²) in [4.78, 5) is 19.4. The zero-order chi connectivity index (χ0) is 33.6. The van der Waals surface area contributed by atoms with Crippen LogP contribution in [0.2, 0.25) is 0 Å². The first-order valence-electron chi connectivity index (χ1n) is 15.6. The highest BCUT2D eigenvalue weighted by Gasteiger charge is 2.17. The first kappa shape index (κ1) is 32.6. The van der Waals surface area contributed by atoms with Gasteiger partial charge in [-0.1, -0.05) is 41.5 Å². The molecule has 0 spiro atoms. The van der Waals surface area contributed by atoms with Crippen molar-refractivity contribution < 1.29 is 10.2 Å². The fraction of sp³-hybridized carbons (Fsp3) is 0.300. The van der Waals surface area contributed by atoms with Gasteiger partial charge in [-0.3, -0.25) is 19.9 Å². The molecule has 0 aliphatic heterocycles. The number of aryl methyl sites for hydroxylation is 4. The van der Waals surface area contributed by atoms with E-state index in [1.807, 2.05) is 76.2 Å². The van der Waals surface area contributed by atoms with E-state index in [9.17, 15) is 10.2 Å². The summed E-state index contributed by atoms with van der Waals surface area (Å²) >= 11 is 0. The number of fused-ring (bicyclic) bond motifs is 6. The topological polar surface area (TPSA) is 92.0 Å². The predicted molar refractivity (Wildman–Crippen MR) is 191 cm³/mol. The van der Waals surface area contributed by atoms with Gasteiger partial charge in [0.15, 0.2) is 0 Å². The van der Waals surface area contributed by atoms with Crippen molar-refractivity contribution in [1.29, 1.82) is 0 Å². The smallest absolute Gasteiger partial charge is 0.133 e. The average Bonchev–Trinajstić information content (AvgIpc) is 2.96. The van der Waals surface area contributed by atoms with Crippen molar-refractivity contribution in [3.8, 4) is 11.5 Å². The van der Waals surface area contributed by atoms with Crippen LogP contribution in [-0.2, 0) is 10.8 Å². The molecule has 5 aromatic rings. The molecule has 0 aliphatic rings. The van der Waals surface area contributed by atoms with Crippen molar-refractivity contribution in [1.82, 2.24) is 19.9 Å². The van der Waals surface area contributed by atoms with Crippen LogP contribution < -0.4 is 0 Å². The third-order valence-corrected chi connectivity index (χ3v) is 8.62. The Morgan fingerprint density at radius 1 is 0.391 bits per heavy atom. The van der Waals surface area contributed by atoms with Crippen molar-refractivity contribution in [3.05, 3.63) is 107 Å². The monoisotopic (exact) mass is 612 g/mol. The molecule has 0 unspecified atom stereocenters. The molecule has 0 aliphatic carbocycles. The summed E-state index contributed by atoms with van der Waals surface area (Å²) in [5, 5.41) is 25.3. The van der Waals surface area contributed by atoms with E-state index in [-0.39, 0.29) is 22.3 Å². The number of aromatic nitrogens is 4. The predicted octanol–water partition coefficient (Wildman–Crippen LogP) is 9.93. The lowest BCUT2D eigenvalue weighted by Crippen LogP contribution is -2.10. The Kier molecular flexibility index (Phi) is 8.61. The molecule has 2 N–H and O–H groups in total. The Balaban J connectivity index is 2.04. The van der Waals surface area contributed by atoms with Crippen LogP contribution in [-0.4, -0.2) is 30.1 Å². The van der Waals surface area contributed by atoms with E-state index in [1.54, 1.807) is 24.8 Å². The van der Waals surface area contributed by atoms with Crippen LogP contribution in [0, 0.1) is 27.7 Å². The highest BCUT2D eigenvalue weighted by atomic mass is 16.3. The summed E-state index contributed by atoms with van der Waals surface area (Å²) in [5.74, 6) is 0.193. The van der Waals surface area contributed by atoms with Gasteiger partial charge in [-0.25, -0.2) is 0 Å². The van der Waals surface area contributed by atoms with Crippen LogP contribution in [0.3, 0.4) is 0 Å². The molecule has 0 radical (unpaired) electrons. The lowest BCUT2D eigenvalue weighted by atomic mass is 9.86. The van der Waals surface area contributed by atoms with E-state index in [2.05, 4.69) is 41.5 Å². The van der Waals surface area contributed by atoms with Crippen LogP contribution in [0.1, 0.15) is 74.9 Å². The highest BCUT2D eigenvalue weighted by Crippen LogP contribution is 2.33. The zero-order valence-corrected chi connectivity index (χ0v) is 28.6. The Morgan fingerprint density at radius 2 is 0.609 bits per heavy atom. The fourth-order valence-corrected chi connectivity index (χ4v) is 5.16. The zero-order valence-electron chi connectivity index (χ0n) is 28.6. The van der Waals surface area contributed by atoms with Gasteiger partial charge in [0.05, 0.1) is 22.1 Å². The molecule has 0 atom stereocenters. The SMILES string of the molecule is Cc1cc2ncc3cc(C(C)(C)C)cc(cnc4cc(C)c(C)cc4ncc4cc(C(C)(C)C)cc(cnc2cc1C)c4O)c3O. The van der Waals surface area contributed by atoms with Gasteiger partial charge in [0.2, 0.25) is 0 Å². The minimum Gasteiger partial charge on any atom is -0.507 e. The number of phenols is 2. The molecule has 0 amide bonds. The molecule has 6 heteroatoms. The maximum Gasteiger partial charge on any atom is 0.133 e. The summed E-state index contributed by atoms with van der Waals surface area (Å²) < 4.78 is 0.